The Balaban J connectivity index is 0.000000254. The van der Waals surface area contributed by atoms with Crippen molar-refractivity contribution in [1.29, 1.82) is 0 Å². The first-order chi connectivity index (χ1) is 32.2. The summed E-state index contributed by atoms with van der Waals surface area (Å²) in [7, 11) is 0. The summed E-state index contributed by atoms with van der Waals surface area (Å²) in [6.45, 7) is 20.0. The second kappa shape index (κ2) is 26.9. The van der Waals surface area contributed by atoms with Gasteiger partial charge in [0.25, 0.3) is 0 Å². The quantitative estimate of drug-likeness (QED) is 0.155. The molecule has 3 aliphatic rings. The van der Waals surface area contributed by atoms with Gasteiger partial charge in [0.2, 0.25) is 0 Å². The number of halogens is 4. The molecule has 3 N–H and O–H groups in total. The zero-order chi connectivity index (χ0) is 51.7. The Morgan fingerprint density at radius 2 is 0.913 bits per heavy atom. The summed E-state index contributed by atoms with van der Waals surface area (Å²) >= 11 is 3.11. The van der Waals surface area contributed by atoms with Crippen molar-refractivity contribution < 1.29 is 71.4 Å². The number of carbonyl (C=O) groups is 4. The number of aromatic carboxylic acids is 1. The van der Waals surface area contributed by atoms with E-state index < -0.39 is 57.8 Å². The maximum absolute atomic E-state index is 14.1. The molecule has 3 aromatic carbocycles. The van der Waals surface area contributed by atoms with Gasteiger partial charge in [-0.15, -0.1) is 0 Å². The predicted molar refractivity (Wildman–Crippen MR) is 258 cm³/mol. The average Bonchev–Trinajstić information content (AvgIpc) is 3.30. The number of carboxylic acid groups (broad SMARTS) is 1. The van der Waals surface area contributed by atoms with E-state index in [1.54, 1.807) is 47.6 Å². The van der Waals surface area contributed by atoms with E-state index in [9.17, 15) is 42.6 Å². The Bertz CT molecular complexity index is 2130. The average molecular weight is 1040 g/mol. The van der Waals surface area contributed by atoms with Crippen LogP contribution >= 0.6 is 15.9 Å². The van der Waals surface area contributed by atoms with Gasteiger partial charge in [-0.1, -0.05) is 36.7 Å². The molecule has 0 aromatic heterocycles. The van der Waals surface area contributed by atoms with Crippen molar-refractivity contribution in [1.82, 2.24) is 0 Å². The molecule has 2 unspecified atom stereocenters. The Labute approximate surface area is 413 Å². The molecule has 3 heterocycles. The fraction of sp³-hybridized carbons (Fsp3) is 0.585. The number of carbonyl (C=O) groups excluding carboxylic acids is 3. The summed E-state index contributed by atoms with van der Waals surface area (Å²) in [4.78, 5) is 46.0. The van der Waals surface area contributed by atoms with Crippen LogP contribution in [0.3, 0.4) is 0 Å². The van der Waals surface area contributed by atoms with Gasteiger partial charge in [0, 0.05) is 56.5 Å². The maximum Gasteiger partial charge on any atom is 0.338 e. The number of rotatable bonds is 11. The number of aliphatic hydroxyl groups is 2. The van der Waals surface area contributed by atoms with Crippen molar-refractivity contribution in [2.45, 2.75) is 143 Å². The van der Waals surface area contributed by atoms with Crippen LogP contribution in [0.5, 0.6) is 0 Å². The monoisotopic (exact) mass is 1040 g/mol. The van der Waals surface area contributed by atoms with E-state index in [0.29, 0.717) is 98.7 Å². The fourth-order valence-corrected chi connectivity index (χ4v) is 8.85. The van der Waals surface area contributed by atoms with Crippen molar-refractivity contribution in [3.8, 4) is 0 Å². The Kier molecular flexibility index (Phi) is 23.0. The summed E-state index contributed by atoms with van der Waals surface area (Å²) in [6.07, 6.45) is 6.19. The zero-order valence-corrected chi connectivity index (χ0v) is 43.1. The number of benzene rings is 3. The van der Waals surface area contributed by atoms with Gasteiger partial charge in [0.15, 0.2) is 0 Å². The molecule has 0 spiro atoms. The lowest BCUT2D eigenvalue weighted by atomic mass is 9.75. The van der Waals surface area contributed by atoms with Gasteiger partial charge in [0.05, 0.1) is 27.9 Å². The highest BCUT2D eigenvalue weighted by Crippen LogP contribution is 2.41. The summed E-state index contributed by atoms with van der Waals surface area (Å²) in [5.74, 6) is -3.33. The number of Topliss-reactive ketones (excluding diaryl/α,β-unsaturated/α-hetero) is 1. The van der Waals surface area contributed by atoms with Crippen LogP contribution in [0.4, 0.5) is 13.2 Å². The molecule has 6 rings (SSSR count). The number of hydrogen-bond acceptors (Lipinski definition) is 11. The number of esters is 2. The van der Waals surface area contributed by atoms with Gasteiger partial charge in [-0.3, -0.25) is 4.79 Å². The SMILES string of the molecule is CC(C)(C)OC(=O)c1cc(F)cc(Br)c1.CCC(=O)C1CCOCC1.CCC(O)(c1cc(F)cc(C(=O)O)c1)C1CCOCC1.CCC(O)(c1cc(F)cc(C(=O)OC(C)(C)C)c1)C1CCOCC1. The summed E-state index contributed by atoms with van der Waals surface area (Å²) in [6, 6.07) is 11.5. The number of ketones is 1. The highest BCUT2D eigenvalue weighted by molar-refractivity contribution is 9.10. The van der Waals surface area contributed by atoms with Crippen molar-refractivity contribution in [3.63, 3.8) is 0 Å². The minimum Gasteiger partial charge on any atom is -0.478 e. The lowest BCUT2D eigenvalue weighted by Gasteiger charge is -2.38. The molecule has 0 radical (unpaired) electrons. The lowest BCUT2D eigenvalue weighted by molar-refractivity contribution is -0.125. The molecular formula is C53H72BrF3O12. The first kappa shape index (κ1) is 59.1. The molecule has 3 aromatic rings. The van der Waals surface area contributed by atoms with Gasteiger partial charge in [-0.25, -0.2) is 27.6 Å². The minimum absolute atomic E-state index is 0.0236. The standard InChI is InChI=1S/C19H27FO4.C15H19FO4.C11H12BrFO2.C8H14O2/c1-5-19(22,14-6-8-23-9-7-14)15-10-13(11-16(20)12-15)17(21)24-18(2,3)4;1-2-15(19,11-3-5-20-6-4-11)12-7-10(14(17)18)8-13(16)9-12;1-11(2,3)15-10(14)7-4-8(12)6-9(13)5-7;1-2-8(9)7-3-5-10-6-4-7/h10-12,14,22H,5-9H2,1-4H3;7-9,11,19H,2-6H2,1H3,(H,17,18);4-6H,1-3H3;7H,2-6H2,1H3. The molecule has 3 saturated heterocycles. The van der Waals surface area contributed by atoms with E-state index in [0.717, 1.165) is 44.3 Å². The van der Waals surface area contributed by atoms with Gasteiger partial charge >= 0.3 is 17.9 Å². The maximum atomic E-state index is 14.1. The van der Waals surface area contributed by atoms with Gasteiger partial charge in [-0.2, -0.15) is 0 Å². The van der Waals surface area contributed by atoms with Crippen LogP contribution in [0.25, 0.3) is 0 Å². The van der Waals surface area contributed by atoms with Crippen molar-refractivity contribution in [3.05, 3.63) is 104 Å². The van der Waals surface area contributed by atoms with Crippen molar-refractivity contribution in [2.75, 3.05) is 39.6 Å². The second-order valence-corrected chi connectivity index (χ2v) is 20.4. The van der Waals surface area contributed by atoms with Crippen LogP contribution in [-0.2, 0) is 39.7 Å². The molecular weight excluding hydrogens is 965 g/mol. The molecule has 0 bridgehead atoms. The molecule has 3 aliphatic heterocycles. The number of hydrogen-bond donors (Lipinski definition) is 3. The smallest absolute Gasteiger partial charge is 0.338 e. The first-order valence-corrected chi connectivity index (χ1v) is 24.5. The Morgan fingerprint density at radius 3 is 1.26 bits per heavy atom. The molecule has 0 saturated carbocycles. The second-order valence-electron chi connectivity index (χ2n) is 19.5. The van der Waals surface area contributed by atoms with E-state index in [1.807, 2.05) is 20.8 Å². The fourth-order valence-electron chi connectivity index (χ4n) is 8.38. The summed E-state index contributed by atoms with van der Waals surface area (Å²) in [5, 5.41) is 31.2. The summed E-state index contributed by atoms with van der Waals surface area (Å²) < 4.78 is 67.4. The van der Waals surface area contributed by atoms with Crippen LogP contribution in [-0.4, -0.2) is 89.9 Å². The third-order valence-electron chi connectivity index (χ3n) is 12.1. The van der Waals surface area contributed by atoms with Gasteiger partial charge in [0.1, 0.15) is 34.4 Å². The van der Waals surface area contributed by atoms with Crippen LogP contribution in [0.15, 0.2) is 59.1 Å². The molecule has 0 aliphatic carbocycles. The lowest BCUT2D eigenvalue weighted by Crippen LogP contribution is -2.38. The molecule has 3 fully saturated rings. The first-order valence-electron chi connectivity index (χ1n) is 23.7. The zero-order valence-electron chi connectivity index (χ0n) is 41.6. The highest BCUT2D eigenvalue weighted by Gasteiger charge is 2.40. The van der Waals surface area contributed by atoms with Crippen molar-refractivity contribution >= 4 is 39.6 Å². The molecule has 384 valence electrons. The Hall–Kier alpha value is -4.19. The molecule has 2 atom stereocenters. The van der Waals surface area contributed by atoms with Crippen LogP contribution in [0.2, 0.25) is 0 Å². The largest absolute Gasteiger partial charge is 0.478 e. The number of carboxylic acids is 1. The topological polar surface area (TPSA) is 175 Å². The number of ether oxygens (including phenoxy) is 5. The Morgan fingerprint density at radius 1 is 0.565 bits per heavy atom. The molecule has 12 nitrogen and oxygen atoms in total. The highest BCUT2D eigenvalue weighted by atomic mass is 79.9. The van der Waals surface area contributed by atoms with Gasteiger partial charge in [-0.05, 0) is 170 Å². The molecule has 0 amide bonds. The van der Waals surface area contributed by atoms with E-state index in [2.05, 4.69) is 15.9 Å². The van der Waals surface area contributed by atoms with E-state index in [-0.39, 0.29) is 28.5 Å². The van der Waals surface area contributed by atoms with E-state index in [1.165, 1.54) is 30.3 Å². The molecule has 16 heteroatoms. The van der Waals surface area contributed by atoms with Crippen LogP contribution in [0.1, 0.15) is 162 Å². The predicted octanol–water partition coefficient (Wildman–Crippen LogP) is 11.3. The third-order valence-corrected chi connectivity index (χ3v) is 12.5. The van der Waals surface area contributed by atoms with E-state index in [4.69, 9.17) is 28.8 Å². The van der Waals surface area contributed by atoms with Crippen LogP contribution < -0.4 is 0 Å². The molecule has 69 heavy (non-hydrogen) atoms. The van der Waals surface area contributed by atoms with Crippen molar-refractivity contribution in [2.24, 2.45) is 17.8 Å². The minimum atomic E-state index is -1.21. The van der Waals surface area contributed by atoms with Gasteiger partial charge < -0.3 is 39.0 Å². The normalized spacial score (nSPS) is 17.7. The summed E-state index contributed by atoms with van der Waals surface area (Å²) in [5.41, 5.74) is -2.67. The van der Waals surface area contributed by atoms with E-state index >= 15 is 0 Å². The third kappa shape index (κ3) is 18.8. The van der Waals surface area contributed by atoms with Crippen LogP contribution in [0, 0.1) is 35.2 Å².